The largest absolute Gasteiger partial charge is 2.00 e. The number of rotatable bonds is 6. The molecular formula is C57H76Br2Cl2MgN14O6. The number of nitrogens with zero attached hydrogens (tertiary/aromatic N) is 12. The molecule has 0 radical (unpaired) electrons. The number of aromatic nitrogens is 8. The molecule has 6 aromatic rings. The van der Waals surface area contributed by atoms with Crippen molar-refractivity contribution in [2.45, 2.75) is 144 Å². The van der Waals surface area contributed by atoms with Crippen molar-refractivity contribution in [2.75, 3.05) is 73.2 Å². The molecule has 3 N–H and O–H groups in total. The van der Waals surface area contributed by atoms with E-state index < -0.39 is 11.2 Å². The first kappa shape index (κ1) is 67.7. The number of carbonyl (C=O) groups is 2. The van der Waals surface area contributed by atoms with E-state index in [0.29, 0.717) is 77.1 Å². The number of pyridine rings is 4. The molecule has 0 spiro atoms. The summed E-state index contributed by atoms with van der Waals surface area (Å²) < 4.78 is 15.6. The number of fused-ring (bicyclic) bond motifs is 2. The van der Waals surface area contributed by atoms with Crippen LogP contribution < -0.4 is 44.4 Å². The zero-order valence-corrected chi connectivity index (χ0v) is 54.9. The van der Waals surface area contributed by atoms with Gasteiger partial charge in [0.2, 0.25) is 11.2 Å². The fourth-order valence-corrected chi connectivity index (χ4v) is 10.9. The van der Waals surface area contributed by atoms with Crippen molar-refractivity contribution in [2.24, 2.45) is 0 Å². The number of anilines is 5. The Balaban J connectivity index is 0.000000237. The second kappa shape index (κ2) is 30.1. The molecule has 8 heterocycles. The number of nitrogen functional groups attached to an aromatic ring is 1. The van der Waals surface area contributed by atoms with Crippen molar-refractivity contribution in [3.05, 3.63) is 102 Å². The molecule has 2 amide bonds. The molecule has 6 aromatic heterocycles. The Morgan fingerprint density at radius 1 is 0.634 bits per heavy atom. The van der Waals surface area contributed by atoms with Gasteiger partial charge >= 0.3 is 35.2 Å². The van der Waals surface area contributed by atoms with Crippen LogP contribution in [-0.2, 0) is 9.47 Å². The van der Waals surface area contributed by atoms with Crippen molar-refractivity contribution in [1.82, 2.24) is 48.8 Å². The summed E-state index contributed by atoms with van der Waals surface area (Å²) in [6.45, 7) is 24.5. The van der Waals surface area contributed by atoms with Crippen LogP contribution in [0.15, 0.2) is 67.6 Å². The average molecular weight is 1310 g/mol. The number of nitrogens with one attached hydrogen (secondary N) is 1. The monoisotopic (exact) mass is 1300 g/mol. The molecule has 4 fully saturated rings. The molecule has 0 aromatic carbocycles. The van der Waals surface area contributed by atoms with E-state index in [9.17, 15) is 19.2 Å². The van der Waals surface area contributed by atoms with Gasteiger partial charge in [0.05, 0.1) is 32.7 Å². The zero-order valence-electron chi connectivity index (χ0n) is 48.8. The van der Waals surface area contributed by atoms with Gasteiger partial charge in [0.1, 0.15) is 34.1 Å². The van der Waals surface area contributed by atoms with Crippen molar-refractivity contribution in [3.8, 4) is 0 Å². The minimum atomic E-state index is -0.501. The van der Waals surface area contributed by atoms with Crippen LogP contribution in [0, 0.1) is 20.3 Å². The van der Waals surface area contributed by atoms with Gasteiger partial charge in [0.25, 0.3) is 11.1 Å². The molecule has 0 bridgehead atoms. The quantitative estimate of drug-likeness (QED) is 0.0907. The predicted molar refractivity (Wildman–Crippen MR) is 330 cm³/mol. The van der Waals surface area contributed by atoms with Crippen molar-refractivity contribution < 1.29 is 31.5 Å². The van der Waals surface area contributed by atoms with Crippen LogP contribution in [0.4, 0.5) is 38.5 Å². The topological polar surface area (TPSA) is 225 Å². The van der Waals surface area contributed by atoms with Gasteiger partial charge in [-0.2, -0.15) is 23.8 Å². The molecule has 2 saturated heterocycles. The summed E-state index contributed by atoms with van der Waals surface area (Å²) in [7, 11) is 0. The standard InChI is InChI=1S/C27H34BrN7O3.C14H22N4O2.C13H13BrClN3O.C3H7.ClH.Mg/c1-17-20-16-30-25(32-23(20)35(24(36)22(17)28)18-7-5-6-8-18)31-21-10-9-19(15-29-21)33-11-13-34(14-12-33)26(37)38-27(2,3)4;1-14(2,3)20-13(19)18-8-6-17(7-9-18)11-4-5-12(15)16-10-11;1-7-9-6-16-13(15)17-11(9)18(12(19)10(7)14)8-4-2-3-5-8;1-3-2;;/h9-10,15-16,18H,5-8,11-14H2,1-4H3,(H,29,30,31,32);4-5,10H,6-9H2,1-3H3,(H2,15,16);6,8H,2-5H2,1H3;3H,1-2H3;1H;/q;;;-1;;+2/p-1. The van der Waals surface area contributed by atoms with E-state index in [1.807, 2.05) is 105 Å². The van der Waals surface area contributed by atoms with Crippen LogP contribution in [0.3, 0.4) is 0 Å². The number of piperazine rings is 2. The second-order valence-corrected chi connectivity index (χ2v) is 24.3. The van der Waals surface area contributed by atoms with Gasteiger partial charge < -0.3 is 59.0 Å². The van der Waals surface area contributed by atoms with Crippen molar-refractivity contribution in [3.63, 3.8) is 0 Å². The molecule has 2 aliphatic carbocycles. The van der Waals surface area contributed by atoms with Crippen LogP contribution >= 0.6 is 43.5 Å². The van der Waals surface area contributed by atoms with Gasteiger partial charge in [-0.05, 0) is 160 Å². The summed E-state index contributed by atoms with van der Waals surface area (Å²) in [5.74, 6) is 1.53. The number of halogens is 4. The molecule has 0 atom stereocenters. The van der Waals surface area contributed by atoms with E-state index >= 15 is 0 Å². The van der Waals surface area contributed by atoms with E-state index in [2.05, 4.69) is 71.9 Å². The maximum atomic E-state index is 13.2. The minimum Gasteiger partial charge on any atom is -1.00 e. The van der Waals surface area contributed by atoms with Crippen LogP contribution in [0.1, 0.15) is 130 Å². The first-order valence-electron chi connectivity index (χ1n) is 27.4. The summed E-state index contributed by atoms with van der Waals surface area (Å²) in [4.78, 5) is 84.1. The molecule has 0 unspecified atom stereocenters. The first-order chi connectivity index (χ1) is 38.0. The third-order valence-electron chi connectivity index (χ3n) is 14.0. The normalized spacial score (nSPS) is 15.7. The van der Waals surface area contributed by atoms with Gasteiger partial charge in [-0.15, -0.1) is 0 Å². The molecule has 82 heavy (non-hydrogen) atoms. The third kappa shape index (κ3) is 17.5. The number of ether oxygens (including phenoxy) is 2. The van der Waals surface area contributed by atoms with Crippen LogP contribution in [0.5, 0.6) is 0 Å². The fraction of sp³-hybridized carbons (Fsp3) is 0.526. The summed E-state index contributed by atoms with van der Waals surface area (Å²) in [6.07, 6.45) is 17.1. The summed E-state index contributed by atoms with van der Waals surface area (Å²) in [5, 5.41) is 5.11. The summed E-state index contributed by atoms with van der Waals surface area (Å²) in [5.41, 5.74) is 9.59. The summed E-state index contributed by atoms with van der Waals surface area (Å²) >= 11 is 12.8. The van der Waals surface area contributed by atoms with Gasteiger partial charge in [-0.3, -0.25) is 18.7 Å². The van der Waals surface area contributed by atoms with Crippen LogP contribution in [-0.4, -0.2) is 148 Å². The Bertz CT molecular complexity index is 3230. The van der Waals surface area contributed by atoms with Crippen molar-refractivity contribution in [1.29, 1.82) is 0 Å². The third-order valence-corrected chi connectivity index (χ3v) is 16.0. The van der Waals surface area contributed by atoms with E-state index in [-0.39, 0.29) is 76.1 Å². The van der Waals surface area contributed by atoms with Gasteiger partial charge in [-0.1, -0.05) is 25.7 Å². The van der Waals surface area contributed by atoms with Gasteiger partial charge in [0.15, 0.2) is 0 Å². The zero-order chi connectivity index (χ0) is 58.1. The van der Waals surface area contributed by atoms with Gasteiger partial charge in [-0.25, -0.2) is 29.5 Å². The average Bonchev–Trinajstić information content (AvgIpc) is 4.26. The van der Waals surface area contributed by atoms with E-state index in [4.69, 9.17) is 31.8 Å². The first-order valence-corrected chi connectivity index (χ1v) is 29.4. The molecule has 20 nitrogen and oxygen atoms in total. The maximum Gasteiger partial charge on any atom is 2.00 e. The number of carbonyl (C=O) groups excluding carboxylic acids is 2. The van der Waals surface area contributed by atoms with E-state index in [0.717, 1.165) is 97.7 Å². The smallest absolute Gasteiger partial charge is 1.00 e. The molecule has 2 saturated carbocycles. The predicted octanol–water partition coefficient (Wildman–Crippen LogP) is 8.38. The number of amides is 2. The number of aryl methyl sites for hydroxylation is 2. The second-order valence-electron chi connectivity index (χ2n) is 22.4. The SMILES string of the molecule is CC(C)(C)OC(=O)N1CCN(c2ccc(N)nc2)CC1.C[CH-]C.Cc1c(Br)c(=O)n(C2CCCC2)c2nc(Cl)ncc12.Cc1c(Br)c(=O)n(C2CCCC2)c2nc(Nc3ccc(N4CCN(C(=O)OC(C)(C)C)CC4)cn3)ncc12.[Cl-].[Mg+2]. The maximum absolute atomic E-state index is 13.2. The van der Waals surface area contributed by atoms with E-state index in [1.165, 1.54) is 0 Å². The molecular weight excluding hydrogens is 1230 g/mol. The van der Waals surface area contributed by atoms with Gasteiger partial charge in [0, 0.05) is 87.6 Å². The number of hydrogen-bond acceptors (Lipinski definition) is 16. The Kier molecular flexibility index (Phi) is 24.9. The van der Waals surface area contributed by atoms with E-state index in [1.54, 1.807) is 39.0 Å². The van der Waals surface area contributed by atoms with Crippen LogP contribution in [0.25, 0.3) is 22.1 Å². The number of hydrogen-bond donors (Lipinski definition) is 2. The Morgan fingerprint density at radius 3 is 1.43 bits per heavy atom. The molecule has 2 aliphatic heterocycles. The molecule has 4 aliphatic rings. The Hall–Kier alpha value is -5.07. The molecule has 10 rings (SSSR count). The molecule has 25 heteroatoms. The Morgan fingerprint density at radius 2 is 1.04 bits per heavy atom. The minimum absolute atomic E-state index is 0. The fourth-order valence-electron chi connectivity index (χ4n) is 9.94. The van der Waals surface area contributed by atoms with Crippen LogP contribution in [0.2, 0.25) is 5.28 Å². The number of nitrogens with two attached hydrogens (primary N) is 1. The Labute approximate surface area is 524 Å². The van der Waals surface area contributed by atoms with Crippen molar-refractivity contribution >= 4 is 130 Å². The molecule has 440 valence electrons. The summed E-state index contributed by atoms with van der Waals surface area (Å²) in [6, 6.07) is 7.99.